The monoisotopic (exact) mass is 283 g/mol. The van der Waals surface area contributed by atoms with Gasteiger partial charge in [0.05, 0.1) is 10.7 Å². The van der Waals surface area contributed by atoms with Crippen LogP contribution in [0.1, 0.15) is 0 Å². The summed E-state index contributed by atoms with van der Waals surface area (Å²) in [5.74, 6) is -1.52. The number of rotatable bonds is 2. The molecule has 98 valence electrons. The highest BCUT2D eigenvalue weighted by Crippen LogP contribution is 2.26. The molecule has 6 heteroatoms. The Bertz CT molecular complexity index is 582. The molecule has 0 saturated heterocycles. The van der Waals surface area contributed by atoms with Crippen molar-refractivity contribution in [3.63, 3.8) is 0 Å². The molecule has 2 aromatic carbocycles. The molecule has 19 heavy (non-hydrogen) atoms. The molecule has 1 amide bonds. The summed E-state index contributed by atoms with van der Waals surface area (Å²) < 4.78 is 31.1. The van der Waals surface area contributed by atoms with Crippen LogP contribution in [0.4, 0.5) is 19.3 Å². The van der Waals surface area contributed by atoms with Gasteiger partial charge in [0.2, 0.25) is 0 Å². The normalized spacial score (nSPS) is 10.1. The number of carbonyl (C=O) groups is 1. The highest BCUT2D eigenvalue weighted by molar-refractivity contribution is 6.33. The smallest absolute Gasteiger partial charge is 0.410 e. The molecule has 1 N–H and O–H groups in total. The first-order valence-electron chi connectivity index (χ1n) is 5.24. The molecule has 0 radical (unpaired) electrons. The number of nitrogens with one attached hydrogen (secondary N) is 1. The van der Waals surface area contributed by atoms with Crippen LogP contribution in [0.25, 0.3) is 0 Å². The quantitative estimate of drug-likeness (QED) is 0.896. The van der Waals surface area contributed by atoms with Gasteiger partial charge in [0.25, 0.3) is 0 Å². The molecule has 2 aromatic rings. The van der Waals surface area contributed by atoms with Crippen LogP contribution < -0.4 is 10.1 Å². The average molecular weight is 284 g/mol. The van der Waals surface area contributed by atoms with Crippen LogP contribution in [-0.4, -0.2) is 6.09 Å². The van der Waals surface area contributed by atoms with Crippen molar-refractivity contribution >= 4 is 23.4 Å². The van der Waals surface area contributed by atoms with Gasteiger partial charge in [0.15, 0.2) is 5.82 Å². The lowest BCUT2D eigenvalue weighted by Gasteiger charge is -2.09. The Labute approximate surface area is 112 Å². The van der Waals surface area contributed by atoms with Crippen LogP contribution in [0.5, 0.6) is 5.75 Å². The van der Waals surface area contributed by atoms with E-state index in [1.165, 1.54) is 0 Å². The second kappa shape index (κ2) is 5.67. The molecule has 0 aliphatic heterocycles. The molecule has 2 rings (SSSR count). The van der Waals surface area contributed by atoms with Crippen LogP contribution in [0.3, 0.4) is 0 Å². The van der Waals surface area contributed by atoms with Crippen LogP contribution in [0.2, 0.25) is 5.02 Å². The van der Waals surface area contributed by atoms with Gasteiger partial charge in [-0.15, -0.1) is 0 Å². The lowest BCUT2D eigenvalue weighted by atomic mass is 10.3. The SMILES string of the molecule is O=C(Nc1c(F)cc(F)cc1Cl)Oc1ccccc1. The Kier molecular flexibility index (Phi) is 3.97. The lowest BCUT2D eigenvalue weighted by molar-refractivity contribution is 0.215. The summed E-state index contributed by atoms with van der Waals surface area (Å²) in [6, 6.07) is 9.72. The molecular formula is C13H8ClF2NO2. The van der Waals surface area contributed by atoms with E-state index in [1.54, 1.807) is 30.3 Å². The molecule has 0 fully saturated rings. The molecule has 0 aromatic heterocycles. The van der Waals surface area contributed by atoms with Crippen molar-refractivity contribution in [2.75, 3.05) is 5.32 Å². The van der Waals surface area contributed by atoms with Crippen LogP contribution in [0, 0.1) is 11.6 Å². The Hall–Kier alpha value is -2.14. The first-order chi connectivity index (χ1) is 9.06. The molecule has 3 nitrogen and oxygen atoms in total. The van der Waals surface area contributed by atoms with Gasteiger partial charge in [-0.3, -0.25) is 5.32 Å². The van der Waals surface area contributed by atoms with Gasteiger partial charge in [0, 0.05) is 6.07 Å². The van der Waals surface area contributed by atoms with Crippen molar-refractivity contribution < 1.29 is 18.3 Å². The second-order valence-corrected chi connectivity index (χ2v) is 3.98. The fourth-order valence-electron chi connectivity index (χ4n) is 1.38. The first kappa shape index (κ1) is 13.3. The number of carbonyl (C=O) groups excluding carboxylic acids is 1. The van der Waals surface area contributed by atoms with Crippen LogP contribution in [-0.2, 0) is 0 Å². The Morgan fingerprint density at radius 3 is 2.47 bits per heavy atom. The number of benzene rings is 2. The van der Waals surface area contributed by atoms with E-state index < -0.39 is 17.7 Å². The number of halogens is 3. The standard InChI is InChI=1S/C13H8ClF2NO2/c14-10-6-8(15)7-11(16)12(10)17-13(18)19-9-4-2-1-3-5-9/h1-7H,(H,17,18). The van der Waals surface area contributed by atoms with E-state index in [1.807, 2.05) is 0 Å². The zero-order valence-electron chi connectivity index (χ0n) is 9.49. The molecule has 0 unspecified atom stereocenters. The van der Waals surface area contributed by atoms with Crippen LogP contribution >= 0.6 is 11.6 Å². The maximum atomic E-state index is 13.4. The lowest BCUT2D eigenvalue weighted by Crippen LogP contribution is -2.18. The van der Waals surface area contributed by atoms with E-state index in [-0.39, 0.29) is 10.7 Å². The Morgan fingerprint density at radius 1 is 1.16 bits per heavy atom. The third-order valence-corrected chi connectivity index (χ3v) is 2.49. The molecule has 0 atom stereocenters. The Morgan fingerprint density at radius 2 is 1.84 bits per heavy atom. The van der Waals surface area contributed by atoms with Crippen LogP contribution in [0.15, 0.2) is 42.5 Å². The fraction of sp³-hybridized carbons (Fsp3) is 0. The van der Waals surface area contributed by atoms with Crippen molar-refractivity contribution in [2.45, 2.75) is 0 Å². The molecular weight excluding hydrogens is 276 g/mol. The van der Waals surface area contributed by atoms with Crippen molar-refractivity contribution in [2.24, 2.45) is 0 Å². The maximum absolute atomic E-state index is 13.4. The highest BCUT2D eigenvalue weighted by atomic mass is 35.5. The molecule has 0 aliphatic carbocycles. The van der Waals surface area contributed by atoms with Gasteiger partial charge in [0.1, 0.15) is 11.6 Å². The summed E-state index contributed by atoms with van der Waals surface area (Å²) >= 11 is 5.63. The maximum Gasteiger partial charge on any atom is 0.417 e. The molecule has 0 bridgehead atoms. The summed E-state index contributed by atoms with van der Waals surface area (Å²) in [7, 11) is 0. The fourth-order valence-corrected chi connectivity index (χ4v) is 1.63. The topological polar surface area (TPSA) is 38.3 Å². The van der Waals surface area contributed by atoms with E-state index in [4.69, 9.17) is 16.3 Å². The zero-order valence-corrected chi connectivity index (χ0v) is 10.2. The van der Waals surface area contributed by atoms with E-state index in [9.17, 15) is 13.6 Å². The van der Waals surface area contributed by atoms with Gasteiger partial charge in [-0.05, 0) is 18.2 Å². The minimum Gasteiger partial charge on any atom is -0.410 e. The summed E-state index contributed by atoms with van der Waals surface area (Å²) in [5.41, 5.74) is -0.330. The molecule has 0 spiro atoms. The van der Waals surface area contributed by atoms with Crippen molar-refractivity contribution in [3.05, 3.63) is 59.1 Å². The number of hydrogen-bond donors (Lipinski definition) is 1. The molecule has 0 aliphatic rings. The summed E-state index contributed by atoms with van der Waals surface area (Å²) in [5, 5.41) is 1.87. The van der Waals surface area contributed by atoms with E-state index in [0.717, 1.165) is 6.07 Å². The molecule has 0 heterocycles. The van der Waals surface area contributed by atoms with Gasteiger partial charge in [-0.2, -0.15) is 0 Å². The zero-order chi connectivity index (χ0) is 13.8. The van der Waals surface area contributed by atoms with E-state index in [0.29, 0.717) is 11.8 Å². The largest absolute Gasteiger partial charge is 0.417 e. The van der Waals surface area contributed by atoms with Gasteiger partial charge in [-0.25, -0.2) is 13.6 Å². The number of hydrogen-bond acceptors (Lipinski definition) is 2. The number of amides is 1. The van der Waals surface area contributed by atoms with E-state index in [2.05, 4.69) is 5.32 Å². The number of anilines is 1. The number of para-hydroxylation sites is 1. The predicted molar refractivity (Wildman–Crippen MR) is 67.5 cm³/mol. The van der Waals surface area contributed by atoms with Crippen molar-refractivity contribution in [1.29, 1.82) is 0 Å². The van der Waals surface area contributed by atoms with Gasteiger partial charge in [-0.1, -0.05) is 29.8 Å². The van der Waals surface area contributed by atoms with E-state index >= 15 is 0 Å². The minimum atomic E-state index is -0.977. The highest BCUT2D eigenvalue weighted by Gasteiger charge is 2.14. The van der Waals surface area contributed by atoms with Gasteiger partial charge >= 0.3 is 6.09 Å². The summed E-state index contributed by atoms with van der Waals surface area (Å²) in [6.45, 7) is 0. The van der Waals surface area contributed by atoms with Gasteiger partial charge < -0.3 is 4.74 Å². The third kappa shape index (κ3) is 3.42. The predicted octanol–water partition coefficient (Wildman–Crippen LogP) is 4.23. The first-order valence-corrected chi connectivity index (χ1v) is 5.62. The van der Waals surface area contributed by atoms with Crippen molar-refractivity contribution in [3.8, 4) is 5.75 Å². The summed E-state index contributed by atoms with van der Waals surface area (Å²) in [4.78, 5) is 11.5. The second-order valence-electron chi connectivity index (χ2n) is 3.57. The van der Waals surface area contributed by atoms with Crippen molar-refractivity contribution in [1.82, 2.24) is 0 Å². The minimum absolute atomic E-state index is 0.248. The third-order valence-electron chi connectivity index (χ3n) is 2.19. The number of ether oxygens (including phenoxy) is 1. The molecule has 0 saturated carbocycles. The Balaban J connectivity index is 2.12. The average Bonchev–Trinajstić information content (AvgIpc) is 2.35. The summed E-state index contributed by atoms with van der Waals surface area (Å²) in [6.07, 6.45) is -0.918.